The van der Waals surface area contributed by atoms with Crippen LogP contribution in [0.2, 0.25) is 0 Å². The molecule has 5 atom stereocenters. The Labute approximate surface area is 91.4 Å². The molecule has 3 fully saturated rings. The Bertz CT molecular complexity index is 285. The molecule has 3 rings (SSSR count). The number of carbonyl (C=O) groups is 1. The fourth-order valence-corrected chi connectivity index (χ4v) is 4.47. The molecule has 2 heteroatoms. The highest BCUT2D eigenvalue weighted by atomic mass is 16.5. The van der Waals surface area contributed by atoms with Gasteiger partial charge < -0.3 is 4.74 Å². The highest BCUT2D eigenvalue weighted by Gasteiger charge is 2.58. The van der Waals surface area contributed by atoms with Gasteiger partial charge in [0.05, 0.1) is 6.61 Å². The number of rotatable bonds is 0. The van der Waals surface area contributed by atoms with Gasteiger partial charge in [-0.3, -0.25) is 4.79 Å². The van der Waals surface area contributed by atoms with Crippen LogP contribution in [-0.2, 0) is 9.53 Å². The number of ether oxygens (including phenoxy) is 1. The van der Waals surface area contributed by atoms with Crippen molar-refractivity contribution in [3.8, 4) is 0 Å². The molecule has 2 nitrogen and oxygen atoms in total. The third-order valence-electron chi connectivity index (χ3n) is 5.57. The Morgan fingerprint density at radius 3 is 2.67 bits per heavy atom. The predicted molar refractivity (Wildman–Crippen MR) is 57.2 cm³/mol. The Balaban J connectivity index is 1.82. The van der Waals surface area contributed by atoms with E-state index in [1.807, 2.05) is 0 Å². The molecule has 1 heterocycles. The van der Waals surface area contributed by atoms with E-state index in [0.717, 1.165) is 30.1 Å². The van der Waals surface area contributed by atoms with Crippen LogP contribution in [0.4, 0.5) is 0 Å². The minimum absolute atomic E-state index is 0.0177. The molecule has 0 aromatic heterocycles. The van der Waals surface area contributed by atoms with Crippen LogP contribution < -0.4 is 0 Å². The van der Waals surface area contributed by atoms with Gasteiger partial charge in [-0.2, -0.15) is 0 Å². The topological polar surface area (TPSA) is 26.3 Å². The minimum atomic E-state index is 0.0177. The first-order chi connectivity index (χ1) is 7.12. The number of fused-ring (bicyclic) bond motifs is 3. The maximum absolute atomic E-state index is 11.1. The van der Waals surface area contributed by atoms with Crippen LogP contribution in [0.15, 0.2) is 0 Å². The van der Waals surface area contributed by atoms with Gasteiger partial charge in [0.25, 0.3) is 0 Å². The van der Waals surface area contributed by atoms with Crippen molar-refractivity contribution in [1.82, 2.24) is 0 Å². The van der Waals surface area contributed by atoms with Crippen molar-refractivity contribution in [1.29, 1.82) is 0 Å². The molecule has 0 N–H and O–H groups in total. The fourth-order valence-electron chi connectivity index (χ4n) is 4.47. The summed E-state index contributed by atoms with van der Waals surface area (Å²) in [5, 5.41) is 0. The molecule has 2 aliphatic carbocycles. The molecule has 1 spiro atoms. The molecule has 3 aliphatic rings. The van der Waals surface area contributed by atoms with E-state index in [4.69, 9.17) is 4.74 Å². The van der Waals surface area contributed by atoms with Crippen molar-refractivity contribution in [3.05, 3.63) is 0 Å². The first-order valence-corrected chi connectivity index (χ1v) is 6.28. The molecule has 1 saturated heterocycles. The van der Waals surface area contributed by atoms with Gasteiger partial charge in [-0.15, -0.1) is 0 Å². The molecule has 0 radical (unpaired) electrons. The Kier molecular flexibility index (Phi) is 1.93. The highest BCUT2D eigenvalue weighted by molar-refractivity contribution is 5.70. The van der Waals surface area contributed by atoms with Crippen molar-refractivity contribution in [2.45, 2.75) is 39.5 Å². The van der Waals surface area contributed by atoms with Crippen molar-refractivity contribution < 1.29 is 9.53 Å². The molecule has 5 unspecified atom stereocenters. The van der Waals surface area contributed by atoms with Crippen LogP contribution in [0.3, 0.4) is 0 Å². The summed E-state index contributed by atoms with van der Waals surface area (Å²) in [4.78, 5) is 11.1. The zero-order valence-corrected chi connectivity index (χ0v) is 9.66. The van der Waals surface area contributed by atoms with Crippen LogP contribution in [0.1, 0.15) is 39.5 Å². The van der Waals surface area contributed by atoms with Gasteiger partial charge in [0.1, 0.15) is 0 Å². The molecular formula is C13H20O2. The SMILES string of the molecule is CC1C2CC(C1C)C1(CCC(=O)OC1)C2. The van der Waals surface area contributed by atoms with Gasteiger partial charge >= 0.3 is 5.97 Å². The number of carbonyl (C=O) groups excluding carboxylic acids is 1. The second kappa shape index (κ2) is 2.99. The Morgan fingerprint density at radius 2 is 2.13 bits per heavy atom. The molecule has 0 amide bonds. The number of cyclic esters (lactones) is 1. The normalized spacial score (nSPS) is 53.6. The molecule has 2 bridgehead atoms. The number of esters is 1. The summed E-state index contributed by atoms with van der Waals surface area (Å²) in [6, 6.07) is 0. The van der Waals surface area contributed by atoms with Crippen molar-refractivity contribution in [3.63, 3.8) is 0 Å². The lowest BCUT2D eigenvalue weighted by Crippen LogP contribution is -2.42. The zero-order chi connectivity index (χ0) is 10.6. The monoisotopic (exact) mass is 208 g/mol. The highest BCUT2D eigenvalue weighted by Crippen LogP contribution is 2.63. The molecule has 15 heavy (non-hydrogen) atoms. The molecule has 84 valence electrons. The molecule has 0 aromatic carbocycles. The van der Waals surface area contributed by atoms with Crippen LogP contribution in [-0.4, -0.2) is 12.6 Å². The molecule has 0 aromatic rings. The van der Waals surface area contributed by atoms with E-state index in [0.29, 0.717) is 18.4 Å². The van der Waals surface area contributed by atoms with Crippen molar-refractivity contribution >= 4 is 5.97 Å². The quantitative estimate of drug-likeness (QED) is 0.572. The van der Waals surface area contributed by atoms with Gasteiger partial charge in [0, 0.05) is 11.8 Å². The molecular weight excluding hydrogens is 188 g/mol. The molecule has 2 saturated carbocycles. The predicted octanol–water partition coefficient (Wildman–Crippen LogP) is 2.62. The lowest BCUT2D eigenvalue weighted by atomic mass is 9.63. The summed E-state index contributed by atoms with van der Waals surface area (Å²) in [6.45, 7) is 5.51. The van der Waals surface area contributed by atoms with E-state index in [1.54, 1.807) is 0 Å². The second-order valence-corrected chi connectivity index (χ2v) is 6.05. The third-order valence-corrected chi connectivity index (χ3v) is 5.57. The summed E-state index contributed by atoms with van der Waals surface area (Å²) >= 11 is 0. The van der Waals surface area contributed by atoms with Gasteiger partial charge in [0.2, 0.25) is 0 Å². The van der Waals surface area contributed by atoms with Crippen LogP contribution >= 0.6 is 0 Å². The van der Waals surface area contributed by atoms with E-state index < -0.39 is 0 Å². The van der Waals surface area contributed by atoms with Gasteiger partial charge in [-0.05, 0) is 42.9 Å². The standard InChI is InChI=1S/C13H20O2/c1-8-9(2)11-5-10(8)6-13(11)4-3-12(14)15-7-13/h8-11H,3-7H2,1-2H3. The van der Waals surface area contributed by atoms with Crippen LogP contribution in [0.25, 0.3) is 0 Å². The average molecular weight is 208 g/mol. The van der Waals surface area contributed by atoms with E-state index in [9.17, 15) is 4.79 Å². The largest absolute Gasteiger partial charge is 0.465 e. The summed E-state index contributed by atoms with van der Waals surface area (Å²) in [7, 11) is 0. The van der Waals surface area contributed by atoms with Gasteiger partial charge in [0.15, 0.2) is 0 Å². The van der Waals surface area contributed by atoms with E-state index in [2.05, 4.69) is 13.8 Å². The summed E-state index contributed by atoms with van der Waals surface area (Å²) < 4.78 is 5.31. The second-order valence-electron chi connectivity index (χ2n) is 6.05. The summed E-state index contributed by atoms with van der Waals surface area (Å²) in [6.07, 6.45) is 4.45. The molecule has 1 aliphatic heterocycles. The van der Waals surface area contributed by atoms with E-state index in [-0.39, 0.29) is 5.97 Å². The minimum Gasteiger partial charge on any atom is -0.465 e. The number of hydrogen-bond acceptors (Lipinski definition) is 2. The van der Waals surface area contributed by atoms with E-state index in [1.165, 1.54) is 12.8 Å². The third kappa shape index (κ3) is 1.20. The van der Waals surface area contributed by atoms with E-state index >= 15 is 0 Å². The number of hydrogen-bond donors (Lipinski definition) is 0. The Morgan fingerprint density at radius 1 is 1.33 bits per heavy atom. The zero-order valence-electron chi connectivity index (χ0n) is 9.66. The summed E-state index contributed by atoms with van der Waals surface area (Å²) in [5.41, 5.74) is 0.379. The van der Waals surface area contributed by atoms with Crippen LogP contribution in [0.5, 0.6) is 0 Å². The maximum atomic E-state index is 11.1. The summed E-state index contributed by atoms with van der Waals surface area (Å²) in [5.74, 6) is 3.47. The fraction of sp³-hybridized carbons (Fsp3) is 0.923. The smallest absolute Gasteiger partial charge is 0.305 e. The lowest BCUT2D eigenvalue weighted by Gasteiger charge is -2.44. The van der Waals surface area contributed by atoms with Crippen molar-refractivity contribution in [2.24, 2.45) is 29.1 Å². The van der Waals surface area contributed by atoms with Gasteiger partial charge in [-0.1, -0.05) is 13.8 Å². The van der Waals surface area contributed by atoms with Gasteiger partial charge in [-0.25, -0.2) is 0 Å². The van der Waals surface area contributed by atoms with Crippen LogP contribution in [0, 0.1) is 29.1 Å². The lowest BCUT2D eigenvalue weighted by molar-refractivity contribution is -0.158. The maximum Gasteiger partial charge on any atom is 0.305 e. The Hall–Kier alpha value is -0.530. The average Bonchev–Trinajstić information content (AvgIpc) is 2.71. The van der Waals surface area contributed by atoms with Crippen molar-refractivity contribution in [2.75, 3.05) is 6.61 Å². The first-order valence-electron chi connectivity index (χ1n) is 6.28. The first kappa shape index (κ1) is 9.68.